The summed E-state index contributed by atoms with van der Waals surface area (Å²) >= 11 is 6.24. The van der Waals surface area contributed by atoms with Gasteiger partial charge < -0.3 is 0 Å². The molecule has 70 valence electrons. The summed E-state index contributed by atoms with van der Waals surface area (Å²) in [7, 11) is 0. The van der Waals surface area contributed by atoms with E-state index in [0.29, 0.717) is 5.38 Å². The zero-order valence-corrected chi connectivity index (χ0v) is 8.52. The SMILES string of the molecule is ClC1CCCCC(C2CCC2)C1. The fraction of sp³-hybridized carbons (Fsp3) is 1.00. The molecule has 0 aliphatic heterocycles. The van der Waals surface area contributed by atoms with Gasteiger partial charge in [-0.15, -0.1) is 11.6 Å². The predicted molar refractivity (Wildman–Crippen MR) is 53.6 cm³/mol. The van der Waals surface area contributed by atoms with Gasteiger partial charge in [0, 0.05) is 5.38 Å². The highest BCUT2D eigenvalue weighted by molar-refractivity contribution is 6.20. The maximum atomic E-state index is 6.24. The standard InChI is InChI=1S/C11H19Cl/c12-11-7-2-1-4-10(8-11)9-5-3-6-9/h9-11H,1-8H2. The van der Waals surface area contributed by atoms with Crippen molar-refractivity contribution in [3.8, 4) is 0 Å². The second-order valence-electron chi connectivity index (χ2n) is 4.57. The molecule has 2 rings (SSSR count). The van der Waals surface area contributed by atoms with Gasteiger partial charge >= 0.3 is 0 Å². The summed E-state index contributed by atoms with van der Waals surface area (Å²) < 4.78 is 0. The Labute approximate surface area is 80.7 Å². The number of alkyl halides is 1. The van der Waals surface area contributed by atoms with Crippen molar-refractivity contribution in [2.75, 3.05) is 0 Å². The molecule has 0 spiro atoms. The van der Waals surface area contributed by atoms with Crippen LogP contribution in [0.3, 0.4) is 0 Å². The van der Waals surface area contributed by atoms with Crippen LogP contribution in [0, 0.1) is 11.8 Å². The minimum atomic E-state index is 0.498. The minimum absolute atomic E-state index is 0.498. The molecule has 0 nitrogen and oxygen atoms in total. The van der Waals surface area contributed by atoms with E-state index in [1.54, 1.807) is 0 Å². The lowest BCUT2D eigenvalue weighted by atomic mass is 9.73. The molecular weight excluding hydrogens is 168 g/mol. The Balaban J connectivity index is 1.85. The van der Waals surface area contributed by atoms with Crippen molar-refractivity contribution in [3.05, 3.63) is 0 Å². The van der Waals surface area contributed by atoms with Crippen molar-refractivity contribution < 1.29 is 0 Å². The normalized spacial score (nSPS) is 38.8. The molecule has 12 heavy (non-hydrogen) atoms. The Morgan fingerprint density at radius 1 is 0.750 bits per heavy atom. The topological polar surface area (TPSA) is 0 Å². The number of rotatable bonds is 1. The van der Waals surface area contributed by atoms with Crippen LogP contribution >= 0.6 is 11.6 Å². The van der Waals surface area contributed by atoms with E-state index in [1.165, 1.54) is 51.4 Å². The van der Waals surface area contributed by atoms with Crippen molar-refractivity contribution in [3.63, 3.8) is 0 Å². The lowest BCUT2D eigenvalue weighted by molar-refractivity contribution is 0.188. The van der Waals surface area contributed by atoms with Crippen LogP contribution in [0.1, 0.15) is 51.4 Å². The molecule has 2 atom stereocenters. The fourth-order valence-corrected chi connectivity index (χ4v) is 3.06. The van der Waals surface area contributed by atoms with E-state index >= 15 is 0 Å². The van der Waals surface area contributed by atoms with Gasteiger partial charge in [0.05, 0.1) is 0 Å². The van der Waals surface area contributed by atoms with E-state index < -0.39 is 0 Å². The van der Waals surface area contributed by atoms with E-state index in [9.17, 15) is 0 Å². The number of hydrogen-bond donors (Lipinski definition) is 0. The molecule has 0 amide bonds. The summed E-state index contributed by atoms with van der Waals surface area (Å²) in [6, 6.07) is 0. The van der Waals surface area contributed by atoms with E-state index in [2.05, 4.69) is 0 Å². The highest BCUT2D eigenvalue weighted by Gasteiger charge is 2.29. The first kappa shape index (κ1) is 8.87. The van der Waals surface area contributed by atoms with Gasteiger partial charge in [-0.05, 0) is 24.7 Å². The molecule has 2 saturated carbocycles. The van der Waals surface area contributed by atoms with E-state index in [0.717, 1.165) is 11.8 Å². The zero-order chi connectivity index (χ0) is 8.39. The maximum Gasteiger partial charge on any atom is 0.0338 e. The summed E-state index contributed by atoms with van der Waals surface area (Å²) in [5.74, 6) is 2.05. The Hall–Kier alpha value is 0.290. The molecule has 0 N–H and O–H groups in total. The highest BCUT2D eigenvalue weighted by atomic mass is 35.5. The number of halogens is 1. The van der Waals surface area contributed by atoms with Gasteiger partial charge in [0.25, 0.3) is 0 Å². The van der Waals surface area contributed by atoms with Gasteiger partial charge in [-0.3, -0.25) is 0 Å². The Morgan fingerprint density at radius 2 is 1.42 bits per heavy atom. The smallest absolute Gasteiger partial charge is 0.0338 e. The third-order valence-electron chi connectivity index (χ3n) is 3.72. The van der Waals surface area contributed by atoms with Crippen molar-refractivity contribution in [1.29, 1.82) is 0 Å². The summed E-state index contributed by atoms with van der Waals surface area (Å²) in [6.07, 6.45) is 11.3. The monoisotopic (exact) mass is 186 g/mol. The molecule has 2 aliphatic carbocycles. The molecule has 2 aliphatic rings. The van der Waals surface area contributed by atoms with Crippen LogP contribution in [0.2, 0.25) is 0 Å². The van der Waals surface area contributed by atoms with Crippen molar-refractivity contribution in [2.24, 2.45) is 11.8 Å². The molecule has 0 radical (unpaired) electrons. The van der Waals surface area contributed by atoms with Gasteiger partial charge in [0.1, 0.15) is 0 Å². The third kappa shape index (κ3) is 1.96. The number of hydrogen-bond acceptors (Lipinski definition) is 0. The average Bonchev–Trinajstić information content (AvgIpc) is 2.10. The molecule has 0 aromatic carbocycles. The van der Waals surface area contributed by atoms with Crippen LogP contribution in [0.4, 0.5) is 0 Å². The molecule has 2 unspecified atom stereocenters. The van der Waals surface area contributed by atoms with Crippen LogP contribution < -0.4 is 0 Å². The van der Waals surface area contributed by atoms with Crippen molar-refractivity contribution in [1.82, 2.24) is 0 Å². The molecule has 0 saturated heterocycles. The second-order valence-corrected chi connectivity index (χ2v) is 5.19. The largest absolute Gasteiger partial charge is 0.123 e. The third-order valence-corrected chi connectivity index (χ3v) is 4.11. The van der Waals surface area contributed by atoms with Gasteiger partial charge in [0.2, 0.25) is 0 Å². The molecule has 0 aromatic rings. The van der Waals surface area contributed by atoms with Gasteiger partial charge in [-0.25, -0.2) is 0 Å². The first-order chi connectivity index (χ1) is 5.86. The van der Waals surface area contributed by atoms with E-state index in [-0.39, 0.29) is 0 Å². The summed E-state index contributed by atoms with van der Waals surface area (Å²) in [4.78, 5) is 0. The maximum absolute atomic E-state index is 6.24. The van der Waals surface area contributed by atoms with Gasteiger partial charge in [0.15, 0.2) is 0 Å². The molecule has 1 heteroatoms. The molecule has 0 heterocycles. The Kier molecular flexibility index (Phi) is 2.96. The average molecular weight is 187 g/mol. The Morgan fingerprint density at radius 3 is 2.08 bits per heavy atom. The molecule has 0 aromatic heterocycles. The van der Waals surface area contributed by atoms with Crippen LogP contribution in [0.5, 0.6) is 0 Å². The van der Waals surface area contributed by atoms with Crippen LogP contribution in [-0.2, 0) is 0 Å². The van der Waals surface area contributed by atoms with Crippen LogP contribution in [0.15, 0.2) is 0 Å². The van der Waals surface area contributed by atoms with Crippen LogP contribution in [-0.4, -0.2) is 5.38 Å². The lowest BCUT2D eigenvalue weighted by Gasteiger charge is -2.33. The van der Waals surface area contributed by atoms with Gasteiger partial charge in [-0.2, -0.15) is 0 Å². The first-order valence-corrected chi connectivity index (χ1v) is 5.94. The second kappa shape index (κ2) is 4.00. The Bertz CT molecular complexity index is 140. The molecule has 2 fully saturated rings. The zero-order valence-electron chi connectivity index (χ0n) is 7.77. The van der Waals surface area contributed by atoms with Crippen molar-refractivity contribution >= 4 is 11.6 Å². The minimum Gasteiger partial charge on any atom is -0.123 e. The molecule has 0 bridgehead atoms. The quantitative estimate of drug-likeness (QED) is 0.430. The molecular formula is C11H19Cl. The predicted octanol–water partition coefficient (Wildman–Crippen LogP) is 3.97. The van der Waals surface area contributed by atoms with Gasteiger partial charge in [-0.1, -0.05) is 38.5 Å². The van der Waals surface area contributed by atoms with E-state index in [4.69, 9.17) is 11.6 Å². The van der Waals surface area contributed by atoms with Crippen molar-refractivity contribution in [2.45, 2.75) is 56.7 Å². The summed E-state index contributed by atoms with van der Waals surface area (Å²) in [5.41, 5.74) is 0. The lowest BCUT2D eigenvalue weighted by Crippen LogP contribution is -2.23. The summed E-state index contributed by atoms with van der Waals surface area (Å²) in [5, 5.41) is 0.498. The fourth-order valence-electron chi connectivity index (χ4n) is 2.68. The van der Waals surface area contributed by atoms with Crippen LogP contribution in [0.25, 0.3) is 0 Å². The highest BCUT2D eigenvalue weighted by Crippen LogP contribution is 2.41. The summed E-state index contributed by atoms with van der Waals surface area (Å²) in [6.45, 7) is 0. The van der Waals surface area contributed by atoms with E-state index in [1.807, 2.05) is 0 Å². The first-order valence-electron chi connectivity index (χ1n) is 5.50.